The maximum absolute atomic E-state index is 13.0. The van der Waals surface area contributed by atoms with Crippen LogP contribution < -0.4 is 10.0 Å². The number of aromatic nitrogens is 1. The summed E-state index contributed by atoms with van der Waals surface area (Å²) in [5, 5.41) is 4.01. The Morgan fingerprint density at radius 1 is 1.07 bits per heavy atom. The van der Waals surface area contributed by atoms with E-state index in [1.54, 1.807) is 56.3 Å². The van der Waals surface area contributed by atoms with E-state index in [0.717, 1.165) is 5.56 Å². The van der Waals surface area contributed by atoms with Crippen LogP contribution in [0, 0.1) is 5.92 Å². The molecule has 0 spiro atoms. The number of para-hydroxylation sites is 1. The van der Waals surface area contributed by atoms with Crippen molar-refractivity contribution in [1.82, 2.24) is 15.0 Å². The summed E-state index contributed by atoms with van der Waals surface area (Å²) in [4.78, 5) is 17.0. The van der Waals surface area contributed by atoms with Gasteiger partial charge in [0, 0.05) is 23.2 Å². The van der Waals surface area contributed by atoms with Crippen molar-refractivity contribution in [3.05, 3.63) is 71.4 Å². The molecule has 0 aliphatic heterocycles. The highest BCUT2D eigenvalue weighted by Gasteiger charge is 2.29. The summed E-state index contributed by atoms with van der Waals surface area (Å²) < 4.78 is 28.6. The monoisotopic (exact) mass is 431 g/mol. The smallest absolute Gasteiger partial charge is 0.243 e. The quantitative estimate of drug-likeness (QED) is 0.599. The summed E-state index contributed by atoms with van der Waals surface area (Å²) in [5.74, 6) is -0.685. The molecule has 1 aromatic heterocycles. The Morgan fingerprint density at radius 3 is 2.52 bits per heavy atom. The minimum Gasteiger partial charge on any atom is -0.351 e. The summed E-state index contributed by atoms with van der Waals surface area (Å²) in [7, 11) is -3.97. The molecule has 2 aromatic carbocycles. The highest BCUT2D eigenvalue weighted by atomic mass is 35.5. The van der Waals surface area contributed by atoms with Crippen LogP contribution in [0.1, 0.15) is 19.4 Å². The third-order valence-corrected chi connectivity index (χ3v) is 6.37. The first-order chi connectivity index (χ1) is 13.8. The van der Waals surface area contributed by atoms with Crippen molar-refractivity contribution in [3.8, 4) is 0 Å². The van der Waals surface area contributed by atoms with Gasteiger partial charge in [-0.2, -0.15) is 4.72 Å². The van der Waals surface area contributed by atoms with Crippen molar-refractivity contribution in [3.63, 3.8) is 0 Å². The Labute approximate surface area is 175 Å². The minimum atomic E-state index is -3.97. The van der Waals surface area contributed by atoms with Gasteiger partial charge in [-0.05, 0) is 29.7 Å². The first-order valence-electron chi connectivity index (χ1n) is 9.17. The molecule has 1 amide bonds. The number of carbonyl (C=O) groups excluding carboxylic acids is 1. The van der Waals surface area contributed by atoms with Gasteiger partial charge in [0.15, 0.2) is 0 Å². The van der Waals surface area contributed by atoms with Gasteiger partial charge in [0.05, 0.1) is 5.52 Å². The summed E-state index contributed by atoms with van der Waals surface area (Å²) in [6.45, 7) is 3.77. The second-order valence-corrected chi connectivity index (χ2v) is 9.07. The lowest BCUT2D eigenvalue weighted by atomic mass is 10.0. The van der Waals surface area contributed by atoms with Gasteiger partial charge in [-0.1, -0.05) is 61.8 Å². The summed E-state index contributed by atoms with van der Waals surface area (Å²) in [6.07, 6.45) is 1.54. The van der Waals surface area contributed by atoms with Crippen molar-refractivity contribution in [1.29, 1.82) is 0 Å². The molecule has 3 aromatic rings. The van der Waals surface area contributed by atoms with Crippen LogP contribution in [0.25, 0.3) is 10.9 Å². The van der Waals surface area contributed by atoms with Gasteiger partial charge in [-0.3, -0.25) is 9.78 Å². The Hall–Kier alpha value is -2.48. The lowest BCUT2D eigenvalue weighted by Gasteiger charge is -2.22. The fraction of sp³-hybridized carbons (Fsp3) is 0.238. The number of amides is 1. The zero-order valence-electron chi connectivity index (χ0n) is 16.1. The molecule has 0 saturated heterocycles. The lowest BCUT2D eigenvalue weighted by molar-refractivity contribution is -0.123. The molecule has 8 heteroatoms. The molecule has 1 atom stereocenters. The van der Waals surface area contributed by atoms with Crippen LogP contribution in [0.5, 0.6) is 0 Å². The predicted molar refractivity (Wildman–Crippen MR) is 114 cm³/mol. The number of pyridine rings is 1. The Kier molecular flexibility index (Phi) is 6.52. The van der Waals surface area contributed by atoms with E-state index in [9.17, 15) is 13.2 Å². The number of nitrogens with zero attached hydrogens (tertiary/aromatic N) is 1. The van der Waals surface area contributed by atoms with Crippen LogP contribution >= 0.6 is 11.6 Å². The number of rotatable bonds is 7. The van der Waals surface area contributed by atoms with E-state index in [1.807, 2.05) is 6.07 Å². The van der Waals surface area contributed by atoms with Crippen molar-refractivity contribution >= 4 is 38.4 Å². The molecule has 29 heavy (non-hydrogen) atoms. The average molecular weight is 432 g/mol. The van der Waals surface area contributed by atoms with E-state index in [4.69, 9.17) is 11.6 Å². The fourth-order valence-electron chi connectivity index (χ4n) is 2.95. The standard InChI is InChI=1S/C21H22ClN3O3S/c1-14(2)19(21(26)24-13-16-7-3-4-10-17(16)22)25-29(27,28)18-11-5-8-15-9-6-12-23-20(15)18/h3-12,14,19,25H,13H2,1-2H3,(H,24,26)/t19-/m1/s1. The molecule has 0 radical (unpaired) electrons. The van der Waals surface area contributed by atoms with E-state index in [-0.39, 0.29) is 17.4 Å². The molecule has 152 valence electrons. The van der Waals surface area contributed by atoms with Gasteiger partial charge < -0.3 is 5.32 Å². The third kappa shape index (κ3) is 4.93. The van der Waals surface area contributed by atoms with Crippen LogP contribution in [0.2, 0.25) is 5.02 Å². The van der Waals surface area contributed by atoms with Gasteiger partial charge in [0.1, 0.15) is 10.9 Å². The number of hydrogen-bond acceptors (Lipinski definition) is 4. The van der Waals surface area contributed by atoms with Crippen molar-refractivity contribution in [2.75, 3.05) is 0 Å². The maximum atomic E-state index is 13.0. The highest BCUT2D eigenvalue weighted by molar-refractivity contribution is 7.89. The van der Waals surface area contributed by atoms with Crippen LogP contribution in [0.3, 0.4) is 0 Å². The van der Waals surface area contributed by atoms with Crippen LogP contribution in [0.4, 0.5) is 0 Å². The predicted octanol–water partition coefficient (Wildman–Crippen LogP) is 3.51. The molecule has 1 heterocycles. The first-order valence-corrected chi connectivity index (χ1v) is 11.0. The van der Waals surface area contributed by atoms with Crippen LogP contribution in [-0.2, 0) is 21.4 Å². The normalized spacial score (nSPS) is 12.8. The molecule has 0 aliphatic rings. The van der Waals surface area contributed by atoms with Crippen LogP contribution in [0.15, 0.2) is 65.7 Å². The first kappa shape index (κ1) is 21.2. The lowest BCUT2D eigenvalue weighted by Crippen LogP contribution is -2.49. The van der Waals surface area contributed by atoms with E-state index < -0.39 is 22.0 Å². The Balaban J connectivity index is 1.82. The number of fused-ring (bicyclic) bond motifs is 1. The zero-order valence-corrected chi connectivity index (χ0v) is 17.7. The molecule has 0 aliphatic carbocycles. The summed E-state index contributed by atoms with van der Waals surface area (Å²) in [5.41, 5.74) is 1.12. The number of halogens is 1. The van der Waals surface area contributed by atoms with E-state index >= 15 is 0 Å². The molecule has 0 bridgehead atoms. The van der Waals surface area contributed by atoms with E-state index in [0.29, 0.717) is 15.9 Å². The number of nitrogens with one attached hydrogen (secondary N) is 2. The average Bonchev–Trinajstić information content (AvgIpc) is 2.70. The summed E-state index contributed by atoms with van der Waals surface area (Å²) in [6, 6.07) is 14.7. The molecule has 2 N–H and O–H groups in total. The van der Waals surface area contributed by atoms with Gasteiger partial charge in [0.25, 0.3) is 0 Å². The van der Waals surface area contributed by atoms with Gasteiger partial charge in [0.2, 0.25) is 15.9 Å². The number of carbonyl (C=O) groups is 1. The summed E-state index contributed by atoms with van der Waals surface area (Å²) >= 11 is 6.12. The number of sulfonamides is 1. The molecule has 6 nitrogen and oxygen atoms in total. The van der Waals surface area contributed by atoms with Gasteiger partial charge in [-0.15, -0.1) is 0 Å². The van der Waals surface area contributed by atoms with Gasteiger partial charge in [-0.25, -0.2) is 8.42 Å². The molecular weight excluding hydrogens is 410 g/mol. The highest BCUT2D eigenvalue weighted by Crippen LogP contribution is 2.21. The Morgan fingerprint density at radius 2 is 1.79 bits per heavy atom. The topological polar surface area (TPSA) is 88.2 Å². The van der Waals surface area contributed by atoms with Crippen molar-refractivity contribution < 1.29 is 13.2 Å². The van der Waals surface area contributed by atoms with Crippen LogP contribution in [-0.4, -0.2) is 25.4 Å². The van der Waals surface area contributed by atoms with Crippen molar-refractivity contribution in [2.45, 2.75) is 31.3 Å². The third-order valence-electron chi connectivity index (χ3n) is 4.53. The maximum Gasteiger partial charge on any atom is 0.243 e. The molecule has 0 fully saturated rings. The SMILES string of the molecule is CC(C)[C@@H](NS(=O)(=O)c1cccc2cccnc12)C(=O)NCc1ccccc1Cl. The number of hydrogen-bond donors (Lipinski definition) is 2. The minimum absolute atomic E-state index is 0.0418. The fourth-order valence-corrected chi connectivity index (χ4v) is 4.68. The zero-order chi connectivity index (χ0) is 21.0. The van der Waals surface area contributed by atoms with Crippen molar-refractivity contribution in [2.24, 2.45) is 5.92 Å². The second-order valence-electron chi connectivity index (χ2n) is 6.98. The number of benzene rings is 2. The molecule has 0 unspecified atom stereocenters. The van der Waals surface area contributed by atoms with E-state index in [2.05, 4.69) is 15.0 Å². The molecule has 3 rings (SSSR count). The molecule has 0 saturated carbocycles. The largest absolute Gasteiger partial charge is 0.351 e. The second kappa shape index (κ2) is 8.90. The Bertz CT molecular complexity index is 1130. The van der Waals surface area contributed by atoms with E-state index in [1.165, 1.54) is 12.3 Å². The molecular formula is C21H22ClN3O3S. The van der Waals surface area contributed by atoms with Gasteiger partial charge >= 0.3 is 0 Å².